The maximum absolute atomic E-state index is 12.9. The van der Waals surface area contributed by atoms with Crippen LogP contribution in [0, 0.1) is 12.8 Å². The summed E-state index contributed by atoms with van der Waals surface area (Å²) in [6.45, 7) is 5.32. The van der Waals surface area contributed by atoms with E-state index in [1.807, 2.05) is 37.1 Å². The summed E-state index contributed by atoms with van der Waals surface area (Å²) in [4.78, 5) is 21.7. The van der Waals surface area contributed by atoms with Gasteiger partial charge in [-0.25, -0.2) is 4.98 Å². The molecule has 0 aliphatic carbocycles. The summed E-state index contributed by atoms with van der Waals surface area (Å²) < 4.78 is 10.7. The zero-order valence-corrected chi connectivity index (χ0v) is 17.9. The summed E-state index contributed by atoms with van der Waals surface area (Å²) in [7, 11) is 5.14. The largest absolute Gasteiger partial charge is 0.497 e. The van der Waals surface area contributed by atoms with Crippen molar-refractivity contribution >= 4 is 17.2 Å². The average molecular weight is 404 g/mol. The highest BCUT2D eigenvalue weighted by molar-refractivity contribution is 7.09. The third kappa shape index (κ3) is 5.02. The first kappa shape index (κ1) is 20.6. The molecular formula is C21H29N3O3S. The molecule has 1 aromatic carbocycles. The maximum atomic E-state index is 12.9. The van der Waals surface area contributed by atoms with E-state index in [-0.39, 0.29) is 11.8 Å². The summed E-state index contributed by atoms with van der Waals surface area (Å²) in [6, 6.07) is 5.71. The quantitative estimate of drug-likeness (QED) is 0.710. The number of carbonyl (C=O) groups is 1. The number of nitrogens with zero attached hydrogens (tertiary/aromatic N) is 3. The van der Waals surface area contributed by atoms with Crippen LogP contribution >= 0.6 is 11.3 Å². The number of methoxy groups -OCH3 is 2. The number of likely N-dealkylation sites (tertiary alicyclic amines) is 1. The minimum atomic E-state index is 0.0858. The molecule has 7 heteroatoms. The van der Waals surface area contributed by atoms with Gasteiger partial charge in [0.1, 0.15) is 11.5 Å². The molecular weight excluding hydrogens is 374 g/mol. The third-order valence-electron chi connectivity index (χ3n) is 5.27. The molecule has 28 heavy (non-hydrogen) atoms. The lowest BCUT2D eigenvalue weighted by atomic mass is 9.95. The van der Waals surface area contributed by atoms with Gasteiger partial charge in [-0.1, -0.05) is 0 Å². The van der Waals surface area contributed by atoms with Gasteiger partial charge in [-0.05, 0) is 45.0 Å². The van der Waals surface area contributed by atoms with Gasteiger partial charge in [0.25, 0.3) is 0 Å². The van der Waals surface area contributed by atoms with E-state index >= 15 is 0 Å². The Morgan fingerprint density at radius 3 is 2.64 bits per heavy atom. The molecule has 1 saturated heterocycles. The molecule has 6 nitrogen and oxygen atoms in total. The van der Waals surface area contributed by atoms with Gasteiger partial charge in [0, 0.05) is 43.1 Å². The summed E-state index contributed by atoms with van der Waals surface area (Å²) >= 11 is 1.69. The summed E-state index contributed by atoms with van der Waals surface area (Å²) in [6.07, 6.45) is 1.79. The number of hydrogen-bond acceptors (Lipinski definition) is 6. The van der Waals surface area contributed by atoms with Crippen LogP contribution < -0.4 is 9.47 Å². The minimum absolute atomic E-state index is 0.0858. The minimum Gasteiger partial charge on any atom is -0.497 e. The van der Waals surface area contributed by atoms with Crippen molar-refractivity contribution in [2.75, 3.05) is 34.4 Å². The van der Waals surface area contributed by atoms with E-state index in [1.165, 1.54) is 0 Å². The highest BCUT2D eigenvalue weighted by Crippen LogP contribution is 2.27. The molecule has 0 spiro atoms. The number of aryl methyl sites for hydroxylation is 1. The molecule has 152 valence electrons. The highest BCUT2D eigenvalue weighted by atomic mass is 32.1. The Labute approximate surface area is 171 Å². The van der Waals surface area contributed by atoms with Crippen molar-refractivity contribution in [2.24, 2.45) is 5.92 Å². The normalized spacial score (nSPS) is 15.4. The lowest BCUT2D eigenvalue weighted by Gasteiger charge is -2.33. The fourth-order valence-corrected chi connectivity index (χ4v) is 4.28. The topological polar surface area (TPSA) is 54.9 Å². The van der Waals surface area contributed by atoms with Crippen molar-refractivity contribution in [3.8, 4) is 11.5 Å². The molecule has 2 heterocycles. The van der Waals surface area contributed by atoms with E-state index in [1.54, 1.807) is 25.6 Å². The number of hydrogen-bond donors (Lipinski definition) is 0. The fourth-order valence-electron chi connectivity index (χ4n) is 3.68. The Hall–Kier alpha value is -2.12. The van der Waals surface area contributed by atoms with Crippen LogP contribution in [0.2, 0.25) is 0 Å². The number of piperidine rings is 1. The predicted octanol–water partition coefficient (Wildman–Crippen LogP) is 3.34. The highest BCUT2D eigenvalue weighted by Gasteiger charge is 2.27. The zero-order valence-electron chi connectivity index (χ0n) is 17.1. The van der Waals surface area contributed by atoms with Crippen LogP contribution in [0.25, 0.3) is 0 Å². The van der Waals surface area contributed by atoms with Gasteiger partial charge in [-0.15, -0.1) is 11.3 Å². The standard InChI is InChI=1S/C21H29N3O3S/c1-15-22-18(14-28-15)13-24-9-7-16(8-10-24)21(25)23(2)12-17-5-6-19(26-3)11-20(17)27-4/h5-6,11,14,16H,7-10,12-13H2,1-4H3. The van der Waals surface area contributed by atoms with Gasteiger partial charge in [-0.3, -0.25) is 9.69 Å². The predicted molar refractivity (Wildman–Crippen MR) is 111 cm³/mol. The Kier molecular flexibility index (Phi) is 6.91. The van der Waals surface area contributed by atoms with Gasteiger partial charge in [0.05, 0.1) is 24.9 Å². The molecule has 0 radical (unpaired) electrons. The zero-order chi connectivity index (χ0) is 20.1. The van der Waals surface area contributed by atoms with Crippen LogP contribution in [-0.4, -0.2) is 55.0 Å². The summed E-state index contributed by atoms with van der Waals surface area (Å²) in [5, 5.41) is 3.23. The molecule has 0 unspecified atom stereocenters. The van der Waals surface area contributed by atoms with Crippen LogP contribution in [0.4, 0.5) is 0 Å². The van der Waals surface area contributed by atoms with E-state index < -0.39 is 0 Å². The molecule has 0 atom stereocenters. The number of benzene rings is 1. The number of carbonyl (C=O) groups excluding carboxylic acids is 1. The number of rotatable bonds is 7. The van der Waals surface area contributed by atoms with E-state index in [0.717, 1.165) is 60.2 Å². The Morgan fingerprint density at radius 2 is 2.04 bits per heavy atom. The molecule has 1 fully saturated rings. The summed E-state index contributed by atoms with van der Waals surface area (Å²) in [5.74, 6) is 1.79. The Balaban J connectivity index is 1.53. The second-order valence-corrected chi connectivity index (χ2v) is 8.34. The van der Waals surface area contributed by atoms with Crippen molar-refractivity contribution in [3.63, 3.8) is 0 Å². The first-order valence-electron chi connectivity index (χ1n) is 9.59. The molecule has 1 aliphatic heterocycles. The lowest BCUT2D eigenvalue weighted by Crippen LogP contribution is -2.40. The van der Waals surface area contributed by atoms with E-state index in [2.05, 4.69) is 15.3 Å². The molecule has 0 N–H and O–H groups in total. The van der Waals surface area contributed by atoms with Crippen molar-refractivity contribution < 1.29 is 14.3 Å². The third-order valence-corrected chi connectivity index (χ3v) is 6.09. The molecule has 0 saturated carbocycles. The van der Waals surface area contributed by atoms with Crippen molar-refractivity contribution in [1.82, 2.24) is 14.8 Å². The molecule has 1 aromatic heterocycles. The maximum Gasteiger partial charge on any atom is 0.225 e. The van der Waals surface area contributed by atoms with Crippen molar-refractivity contribution in [1.29, 1.82) is 0 Å². The van der Waals surface area contributed by atoms with Gasteiger partial charge in [0.2, 0.25) is 5.91 Å². The second kappa shape index (κ2) is 9.39. The van der Waals surface area contributed by atoms with Crippen molar-refractivity contribution in [2.45, 2.75) is 32.9 Å². The number of aromatic nitrogens is 1. The second-order valence-electron chi connectivity index (χ2n) is 7.28. The fraction of sp³-hybridized carbons (Fsp3) is 0.524. The molecule has 1 amide bonds. The first-order chi connectivity index (χ1) is 13.5. The molecule has 0 bridgehead atoms. The van der Waals surface area contributed by atoms with Crippen LogP contribution in [-0.2, 0) is 17.9 Å². The first-order valence-corrected chi connectivity index (χ1v) is 10.5. The molecule has 1 aliphatic rings. The number of amides is 1. The van der Waals surface area contributed by atoms with Crippen molar-refractivity contribution in [3.05, 3.63) is 39.8 Å². The van der Waals surface area contributed by atoms with Crippen LogP contribution in [0.1, 0.15) is 29.1 Å². The van der Waals surface area contributed by atoms with E-state index in [0.29, 0.717) is 6.54 Å². The smallest absolute Gasteiger partial charge is 0.225 e. The Bertz CT molecular complexity index is 800. The Morgan fingerprint density at radius 1 is 1.29 bits per heavy atom. The number of ether oxygens (including phenoxy) is 2. The average Bonchev–Trinajstić information content (AvgIpc) is 3.12. The lowest BCUT2D eigenvalue weighted by molar-refractivity contribution is -0.136. The van der Waals surface area contributed by atoms with E-state index in [4.69, 9.17) is 9.47 Å². The summed E-state index contributed by atoms with van der Waals surface area (Å²) in [5.41, 5.74) is 2.12. The van der Waals surface area contributed by atoms with Gasteiger partial charge in [-0.2, -0.15) is 0 Å². The van der Waals surface area contributed by atoms with Crippen LogP contribution in [0.15, 0.2) is 23.6 Å². The monoisotopic (exact) mass is 403 g/mol. The molecule has 2 aromatic rings. The van der Waals surface area contributed by atoms with Gasteiger partial charge >= 0.3 is 0 Å². The van der Waals surface area contributed by atoms with Crippen LogP contribution in [0.5, 0.6) is 11.5 Å². The van der Waals surface area contributed by atoms with E-state index in [9.17, 15) is 4.79 Å². The SMILES string of the molecule is COc1ccc(CN(C)C(=O)C2CCN(Cc3csc(C)n3)CC2)c(OC)c1. The van der Waals surface area contributed by atoms with Crippen LogP contribution in [0.3, 0.4) is 0 Å². The van der Waals surface area contributed by atoms with Gasteiger partial charge < -0.3 is 14.4 Å². The number of thiazole rings is 1. The van der Waals surface area contributed by atoms with Gasteiger partial charge in [0.15, 0.2) is 0 Å². The molecule has 3 rings (SSSR count).